The molecule has 2 amide bonds. The predicted molar refractivity (Wildman–Crippen MR) is 119 cm³/mol. The molecule has 2 atom stereocenters. The van der Waals surface area contributed by atoms with Crippen LogP contribution in [-0.2, 0) is 16.0 Å². The third kappa shape index (κ3) is 5.04. The number of benzene rings is 1. The molecule has 1 aromatic carbocycles. The Hall–Kier alpha value is -1.79. The Balaban J connectivity index is 1.24. The number of carbonyl (C=O) groups is 2. The molecule has 1 saturated carbocycles. The van der Waals surface area contributed by atoms with Gasteiger partial charge in [-0.05, 0) is 35.6 Å². The van der Waals surface area contributed by atoms with E-state index in [1.807, 2.05) is 21.6 Å². The number of hydrogen-bond donors (Lipinski definition) is 0. The van der Waals surface area contributed by atoms with Crippen molar-refractivity contribution in [3.8, 4) is 0 Å². The summed E-state index contributed by atoms with van der Waals surface area (Å²) in [4.78, 5) is 31.9. The number of nitrogens with zero attached hydrogens (tertiary/aromatic N) is 2. The summed E-state index contributed by atoms with van der Waals surface area (Å²) in [6.07, 6.45) is 1.41. The number of hydrogen-bond acceptors (Lipinski definition) is 4. The number of rotatable bonds is 6. The van der Waals surface area contributed by atoms with Crippen LogP contribution in [0, 0.1) is 5.92 Å². The minimum atomic E-state index is 0.151. The normalized spacial score (nSPS) is 21.5. The zero-order valence-electron chi connectivity index (χ0n) is 17.0. The molecule has 1 aromatic heterocycles. The average Bonchev–Trinajstić information content (AvgIpc) is 3.33. The van der Waals surface area contributed by atoms with E-state index in [0.29, 0.717) is 43.8 Å². The predicted octanol–water partition coefficient (Wildman–Crippen LogP) is 4.27. The lowest BCUT2D eigenvalue weighted by molar-refractivity contribution is -0.140. The van der Waals surface area contributed by atoms with Crippen molar-refractivity contribution in [3.63, 3.8) is 0 Å². The highest BCUT2D eigenvalue weighted by molar-refractivity contribution is 7.99. The van der Waals surface area contributed by atoms with Gasteiger partial charge in [-0.15, -0.1) is 23.1 Å². The van der Waals surface area contributed by atoms with Crippen LogP contribution < -0.4 is 0 Å². The first-order valence-corrected chi connectivity index (χ1v) is 12.1. The van der Waals surface area contributed by atoms with E-state index < -0.39 is 0 Å². The highest BCUT2D eigenvalue weighted by Gasteiger charge is 2.46. The first-order chi connectivity index (χ1) is 14.0. The van der Waals surface area contributed by atoms with Crippen LogP contribution in [0.3, 0.4) is 0 Å². The highest BCUT2D eigenvalue weighted by Crippen LogP contribution is 2.50. The van der Waals surface area contributed by atoms with Gasteiger partial charge >= 0.3 is 0 Å². The highest BCUT2D eigenvalue weighted by atomic mass is 32.2. The summed E-state index contributed by atoms with van der Waals surface area (Å²) in [5.74, 6) is 0.995. The minimum absolute atomic E-state index is 0.151. The van der Waals surface area contributed by atoms with Crippen molar-refractivity contribution in [3.05, 3.63) is 52.2 Å². The molecule has 0 spiro atoms. The molecular formula is C23H28N2O2S2. The van der Waals surface area contributed by atoms with Crippen LogP contribution >= 0.6 is 23.1 Å². The van der Waals surface area contributed by atoms with E-state index in [1.54, 1.807) is 11.3 Å². The summed E-state index contributed by atoms with van der Waals surface area (Å²) in [6.45, 7) is 6.95. The SMILES string of the molecule is CC(C)Sc1ccc(CC(=O)N2CCN(C(=O)[C@@H]3C[C@@H]3c3cccs3)CC2)cc1. The maximum absolute atomic E-state index is 12.8. The van der Waals surface area contributed by atoms with Gasteiger partial charge in [-0.3, -0.25) is 9.59 Å². The number of amides is 2. The monoisotopic (exact) mass is 428 g/mol. The molecule has 4 rings (SSSR count). The van der Waals surface area contributed by atoms with Crippen molar-refractivity contribution in [2.75, 3.05) is 26.2 Å². The maximum atomic E-state index is 12.8. The van der Waals surface area contributed by atoms with Crippen molar-refractivity contribution in [2.45, 2.75) is 42.8 Å². The molecule has 6 heteroatoms. The third-order valence-electron chi connectivity index (χ3n) is 5.61. The van der Waals surface area contributed by atoms with Crippen molar-refractivity contribution in [1.29, 1.82) is 0 Å². The Morgan fingerprint density at radius 3 is 2.38 bits per heavy atom. The largest absolute Gasteiger partial charge is 0.339 e. The summed E-state index contributed by atoms with van der Waals surface area (Å²) < 4.78 is 0. The smallest absolute Gasteiger partial charge is 0.227 e. The second-order valence-corrected chi connectivity index (χ2v) is 10.8. The van der Waals surface area contributed by atoms with Crippen LogP contribution in [0.2, 0.25) is 0 Å². The zero-order valence-corrected chi connectivity index (χ0v) is 18.7. The summed E-state index contributed by atoms with van der Waals surface area (Å²) >= 11 is 3.58. The minimum Gasteiger partial charge on any atom is -0.339 e. The van der Waals surface area contributed by atoms with Crippen molar-refractivity contribution < 1.29 is 9.59 Å². The van der Waals surface area contributed by atoms with E-state index in [1.165, 1.54) is 9.77 Å². The van der Waals surface area contributed by atoms with E-state index in [4.69, 9.17) is 0 Å². The van der Waals surface area contributed by atoms with Crippen molar-refractivity contribution in [2.24, 2.45) is 5.92 Å². The van der Waals surface area contributed by atoms with Gasteiger partial charge in [0.15, 0.2) is 0 Å². The fourth-order valence-electron chi connectivity index (χ4n) is 3.94. The van der Waals surface area contributed by atoms with Crippen molar-refractivity contribution >= 4 is 34.9 Å². The standard InChI is InChI=1S/C23H28N2O2S2/c1-16(2)29-18-7-5-17(6-8-18)14-22(26)24-9-11-25(12-10-24)23(27)20-15-19(20)21-4-3-13-28-21/h3-8,13,16,19-20H,9-12,14-15H2,1-2H3/t19-,20+/m0/s1. The molecule has 1 saturated heterocycles. The first-order valence-electron chi connectivity index (χ1n) is 10.4. The molecule has 0 bridgehead atoms. The summed E-state index contributed by atoms with van der Waals surface area (Å²) in [5, 5.41) is 2.63. The lowest BCUT2D eigenvalue weighted by Crippen LogP contribution is -2.51. The Bertz CT molecular complexity index is 840. The lowest BCUT2D eigenvalue weighted by atomic mass is 10.1. The maximum Gasteiger partial charge on any atom is 0.227 e. The lowest BCUT2D eigenvalue weighted by Gasteiger charge is -2.35. The van der Waals surface area contributed by atoms with Crippen molar-refractivity contribution in [1.82, 2.24) is 9.80 Å². The van der Waals surface area contributed by atoms with E-state index in [9.17, 15) is 9.59 Å². The van der Waals surface area contributed by atoms with Gasteiger partial charge in [0.25, 0.3) is 0 Å². The summed E-state index contributed by atoms with van der Waals surface area (Å²) in [5.41, 5.74) is 1.05. The number of piperazine rings is 1. The molecule has 1 aliphatic heterocycles. The number of thioether (sulfide) groups is 1. The zero-order chi connectivity index (χ0) is 20.4. The molecule has 1 aliphatic carbocycles. The molecular weight excluding hydrogens is 400 g/mol. The van der Waals surface area contributed by atoms with Gasteiger partial charge in [0.2, 0.25) is 11.8 Å². The molecule has 4 nitrogen and oxygen atoms in total. The Morgan fingerprint density at radius 2 is 1.76 bits per heavy atom. The van der Waals surface area contributed by atoms with Gasteiger partial charge in [-0.25, -0.2) is 0 Å². The van der Waals surface area contributed by atoms with Gasteiger partial charge in [0.1, 0.15) is 0 Å². The first kappa shape index (κ1) is 20.5. The van der Waals surface area contributed by atoms with E-state index in [-0.39, 0.29) is 17.7 Å². The molecule has 29 heavy (non-hydrogen) atoms. The average molecular weight is 429 g/mol. The Morgan fingerprint density at radius 1 is 1.07 bits per heavy atom. The second kappa shape index (κ2) is 8.92. The molecule has 0 unspecified atom stereocenters. The van der Waals surface area contributed by atoms with Crippen LogP contribution in [0.5, 0.6) is 0 Å². The molecule has 2 aromatic rings. The van der Waals surface area contributed by atoms with Gasteiger partial charge in [0.05, 0.1) is 6.42 Å². The summed E-state index contributed by atoms with van der Waals surface area (Å²) in [7, 11) is 0. The Kier molecular flexibility index (Phi) is 6.30. The van der Waals surface area contributed by atoms with E-state index >= 15 is 0 Å². The molecule has 0 N–H and O–H groups in total. The van der Waals surface area contributed by atoms with Crippen LogP contribution in [0.4, 0.5) is 0 Å². The topological polar surface area (TPSA) is 40.6 Å². The quantitative estimate of drug-likeness (QED) is 0.646. The fraction of sp³-hybridized carbons (Fsp3) is 0.478. The van der Waals surface area contributed by atoms with Gasteiger partial charge in [-0.2, -0.15) is 0 Å². The van der Waals surface area contributed by atoms with Gasteiger partial charge in [-0.1, -0.05) is 32.0 Å². The molecule has 0 radical (unpaired) electrons. The molecule has 2 heterocycles. The van der Waals surface area contributed by atoms with Crippen LogP contribution in [0.15, 0.2) is 46.7 Å². The second-order valence-electron chi connectivity index (χ2n) is 8.16. The Labute approximate surface area is 181 Å². The molecule has 154 valence electrons. The van der Waals surface area contributed by atoms with Crippen LogP contribution in [0.1, 0.15) is 36.6 Å². The number of thiophene rings is 1. The fourth-order valence-corrected chi connectivity index (χ4v) is 5.68. The van der Waals surface area contributed by atoms with Crippen LogP contribution in [0.25, 0.3) is 0 Å². The van der Waals surface area contributed by atoms with E-state index in [2.05, 4.69) is 55.6 Å². The summed E-state index contributed by atoms with van der Waals surface area (Å²) in [6, 6.07) is 12.5. The molecule has 2 fully saturated rings. The van der Waals surface area contributed by atoms with Gasteiger partial charge < -0.3 is 9.80 Å². The number of carbonyl (C=O) groups excluding carboxylic acids is 2. The molecule has 2 aliphatic rings. The third-order valence-corrected chi connectivity index (χ3v) is 7.63. The van der Waals surface area contributed by atoms with Gasteiger partial charge in [0, 0.05) is 53.0 Å². The van der Waals surface area contributed by atoms with E-state index in [0.717, 1.165) is 12.0 Å². The van der Waals surface area contributed by atoms with Crippen LogP contribution in [-0.4, -0.2) is 53.0 Å².